The molecule has 0 saturated heterocycles. The number of hydrogen-bond donors (Lipinski definition) is 1. The van der Waals surface area contributed by atoms with E-state index < -0.39 is 14.9 Å². The highest BCUT2D eigenvalue weighted by molar-refractivity contribution is 7.90. The normalized spacial score (nSPS) is 13.8. The van der Waals surface area contributed by atoms with Gasteiger partial charge in [0.05, 0.1) is 10.3 Å². The summed E-state index contributed by atoms with van der Waals surface area (Å²) in [6.45, 7) is 0. The van der Waals surface area contributed by atoms with Crippen molar-refractivity contribution in [3.63, 3.8) is 0 Å². The van der Waals surface area contributed by atoms with Crippen molar-refractivity contribution in [3.05, 3.63) is 94.6 Å². The van der Waals surface area contributed by atoms with Gasteiger partial charge in [-0.05, 0) is 48.1 Å². The van der Waals surface area contributed by atoms with Crippen LogP contribution in [-0.2, 0) is 10.0 Å². The van der Waals surface area contributed by atoms with Gasteiger partial charge in [-0.15, -0.1) is 0 Å². The zero-order valence-corrected chi connectivity index (χ0v) is 15.7. The molecule has 0 spiro atoms. The number of aromatic hydroxyl groups is 1. The van der Waals surface area contributed by atoms with E-state index in [1.807, 2.05) is 0 Å². The summed E-state index contributed by atoms with van der Waals surface area (Å²) in [5.41, 5.74) is 0.488. The van der Waals surface area contributed by atoms with Crippen molar-refractivity contribution in [3.8, 4) is 5.75 Å². The predicted molar refractivity (Wildman–Crippen MR) is 109 cm³/mol. The van der Waals surface area contributed by atoms with Gasteiger partial charge in [0.2, 0.25) is 5.71 Å². The van der Waals surface area contributed by atoms with Crippen LogP contribution in [0.2, 0.25) is 0 Å². The number of nitrogens with zero attached hydrogens (tertiary/aromatic N) is 3. The van der Waals surface area contributed by atoms with E-state index in [0.717, 1.165) is 3.97 Å². The number of rotatable bonds is 3. The van der Waals surface area contributed by atoms with E-state index in [2.05, 4.69) is 4.98 Å². The monoisotopic (exact) mass is 408 g/mol. The summed E-state index contributed by atoms with van der Waals surface area (Å²) in [7, 11) is -4.06. The number of benzene rings is 1. The van der Waals surface area contributed by atoms with E-state index >= 15 is 0 Å². The van der Waals surface area contributed by atoms with E-state index in [9.17, 15) is 23.9 Å². The molecule has 0 saturated carbocycles. The molecule has 9 heteroatoms. The third kappa shape index (κ3) is 3.17. The summed E-state index contributed by atoms with van der Waals surface area (Å²) in [5.74, 6) is -0.244. The lowest BCUT2D eigenvalue weighted by Gasteiger charge is -2.11. The molecule has 0 fully saturated rings. The molecule has 8 nitrogen and oxygen atoms in total. The first-order chi connectivity index (χ1) is 13.9. The number of pyridine rings is 1. The third-order valence-corrected chi connectivity index (χ3v) is 6.10. The average Bonchev–Trinajstić information content (AvgIpc) is 3.01. The fourth-order valence-electron chi connectivity index (χ4n) is 3.01. The van der Waals surface area contributed by atoms with Crippen molar-refractivity contribution in [2.75, 3.05) is 0 Å². The molecule has 29 heavy (non-hydrogen) atoms. The topological polar surface area (TPSA) is 121 Å². The second kappa shape index (κ2) is 6.95. The summed E-state index contributed by atoms with van der Waals surface area (Å²) in [4.78, 5) is 3.66. The van der Waals surface area contributed by atoms with E-state index in [-0.39, 0.29) is 33.1 Å². The fraction of sp³-hybridized carbons (Fsp3) is 0. The molecule has 3 aromatic rings. The lowest BCUT2D eigenvalue weighted by atomic mass is 10.1. The minimum atomic E-state index is -4.06. The molecule has 1 aliphatic rings. The maximum absolute atomic E-state index is 13.3. The average molecular weight is 408 g/mol. The van der Waals surface area contributed by atoms with Gasteiger partial charge in [0, 0.05) is 18.3 Å². The van der Waals surface area contributed by atoms with E-state index in [1.54, 1.807) is 30.3 Å². The molecule has 0 radical (unpaired) electrons. The Kier molecular flexibility index (Phi) is 4.44. The van der Waals surface area contributed by atoms with Crippen LogP contribution < -0.4 is 0 Å². The quantitative estimate of drug-likeness (QED) is 0.525. The summed E-state index contributed by atoms with van der Waals surface area (Å²) in [6, 6.07) is 11.0. The standard InChI is InChI=1S/C20H14N3O5S/c24-19-17-7-4-12-21-20(17)22(29(27,28)16-5-2-1-3-6-16)18(19)13-14-8-10-15(11-9-14)23(25)26/h1-13H,(H-,24,25,26)/q-1. The first-order valence-corrected chi connectivity index (χ1v) is 9.92. The first-order valence-electron chi connectivity index (χ1n) is 8.48. The molecule has 0 bridgehead atoms. The molecule has 0 aliphatic heterocycles. The molecule has 2 aromatic heterocycles. The Morgan fingerprint density at radius 3 is 2.34 bits per heavy atom. The maximum Gasteiger partial charge on any atom is 0.270 e. The zero-order chi connectivity index (χ0) is 20.6. The first kappa shape index (κ1) is 18.5. The fourth-order valence-corrected chi connectivity index (χ4v) is 4.49. The number of fused-ring (bicyclic) bond motifs is 1. The molecule has 2 heterocycles. The zero-order valence-electron chi connectivity index (χ0n) is 14.8. The van der Waals surface area contributed by atoms with Crippen molar-refractivity contribution >= 4 is 32.8 Å². The number of aromatic nitrogens is 2. The molecule has 0 amide bonds. The largest absolute Gasteiger partial charge is 0.612 e. The summed E-state index contributed by atoms with van der Waals surface area (Å²) < 4.78 is 27.6. The van der Waals surface area contributed by atoms with Gasteiger partial charge in [-0.25, -0.2) is 17.4 Å². The Balaban J connectivity index is 1.97. The number of allylic oxidation sites excluding steroid dienone is 5. The molecule has 0 atom stereocenters. The van der Waals surface area contributed by atoms with Crippen LogP contribution in [0.25, 0.3) is 17.1 Å². The predicted octanol–water partition coefficient (Wildman–Crippen LogP) is 2.94. The van der Waals surface area contributed by atoms with E-state index in [0.29, 0.717) is 5.57 Å². The highest BCUT2D eigenvalue weighted by Crippen LogP contribution is 2.35. The summed E-state index contributed by atoms with van der Waals surface area (Å²) in [6.07, 6.45) is 8.44. The molecular formula is C20H14N3O5S-. The third-order valence-electron chi connectivity index (χ3n) is 4.38. The van der Waals surface area contributed by atoms with Gasteiger partial charge >= 0.3 is 0 Å². The highest BCUT2D eigenvalue weighted by atomic mass is 32.2. The van der Waals surface area contributed by atoms with Gasteiger partial charge in [0.1, 0.15) is 5.69 Å². The van der Waals surface area contributed by atoms with Crippen molar-refractivity contribution < 1.29 is 18.4 Å². The maximum atomic E-state index is 13.3. The van der Waals surface area contributed by atoms with E-state index in [1.165, 1.54) is 48.7 Å². The highest BCUT2D eigenvalue weighted by Gasteiger charge is 2.27. The summed E-state index contributed by atoms with van der Waals surface area (Å²) >= 11 is 0. The van der Waals surface area contributed by atoms with Gasteiger partial charge in [-0.2, -0.15) is 4.90 Å². The molecule has 0 unspecified atom stereocenters. The second-order valence-electron chi connectivity index (χ2n) is 6.18. The molecule has 4 rings (SSSR count). The van der Waals surface area contributed by atoms with E-state index in [4.69, 9.17) is 0 Å². The molecule has 1 aromatic carbocycles. The van der Waals surface area contributed by atoms with Crippen LogP contribution >= 0.6 is 0 Å². The minimum absolute atomic E-state index is 0.0106. The van der Waals surface area contributed by atoms with Crippen LogP contribution in [-0.4, -0.2) is 33.1 Å². The van der Waals surface area contributed by atoms with Gasteiger partial charge < -0.3 is 15.5 Å². The van der Waals surface area contributed by atoms with Crippen molar-refractivity contribution in [1.82, 2.24) is 8.96 Å². The Labute approximate surface area is 165 Å². The van der Waals surface area contributed by atoms with Gasteiger partial charge in [-0.1, -0.05) is 18.2 Å². The number of hydrogen-bond acceptors (Lipinski definition) is 6. The van der Waals surface area contributed by atoms with Crippen LogP contribution in [0.4, 0.5) is 0 Å². The van der Waals surface area contributed by atoms with Crippen LogP contribution in [0.15, 0.2) is 83.4 Å². The van der Waals surface area contributed by atoms with Gasteiger partial charge in [0.15, 0.2) is 11.4 Å². The lowest BCUT2D eigenvalue weighted by Crippen LogP contribution is -2.15. The van der Waals surface area contributed by atoms with Crippen LogP contribution in [0.1, 0.15) is 5.69 Å². The van der Waals surface area contributed by atoms with Gasteiger partial charge in [-0.3, -0.25) is 0 Å². The van der Waals surface area contributed by atoms with Crippen LogP contribution in [0.5, 0.6) is 5.75 Å². The SMILES string of the molecule is O=S(=O)(c1ccccc1)n1c(C=C2C=CC(=[N+]([O-])[O-])C=C2)c(O)c2cccnc21. The van der Waals surface area contributed by atoms with Crippen molar-refractivity contribution in [2.45, 2.75) is 4.90 Å². The Bertz CT molecular complexity index is 1310. The second-order valence-corrected chi connectivity index (χ2v) is 7.97. The minimum Gasteiger partial charge on any atom is -0.612 e. The Hall–Kier alpha value is -3.85. The smallest absolute Gasteiger partial charge is 0.270 e. The van der Waals surface area contributed by atoms with Crippen LogP contribution in [0.3, 0.4) is 0 Å². The lowest BCUT2D eigenvalue weighted by molar-refractivity contribution is -0.377. The Morgan fingerprint density at radius 1 is 1.00 bits per heavy atom. The Morgan fingerprint density at radius 2 is 1.69 bits per heavy atom. The van der Waals surface area contributed by atoms with Crippen molar-refractivity contribution in [2.24, 2.45) is 0 Å². The van der Waals surface area contributed by atoms with Gasteiger partial charge in [0.25, 0.3) is 10.0 Å². The molecular weight excluding hydrogens is 394 g/mol. The van der Waals surface area contributed by atoms with Crippen LogP contribution in [0, 0.1) is 10.4 Å². The molecule has 1 N–H and O–H groups in total. The molecule has 146 valence electrons. The van der Waals surface area contributed by atoms with Crippen molar-refractivity contribution in [1.29, 1.82) is 0 Å². The summed E-state index contributed by atoms with van der Waals surface area (Å²) in [5, 5.41) is 32.7. The molecule has 1 aliphatic carbocycles.